The Morgan fingerprint density at radius 3 is 2.60 bits per heavy atom. The summed E-state index contributed by atoms with van der Waals surface area (Å²) in [7, 11) is 0. The summed E-state index contributed by atoms with van der Waals surface area (Å²) in [5, 5.41) is 4.30. The maximum atomic E-state index is 12.6. The van der Waals surface area contributed by atoms with E-state index >= 15 is 0 Å². The molecule has 1 aliphatic rings. The summed E-state index contributed by atoms with van der Waals surface area (Å²) in [6.45, 7) is 13.5. The molecule has 0 aromatic carbocycles. The average molecular weight is 279 g/mol. The molecule has 1 aromatic heterocycles. The molecular formula is C15H25N3O2. The number of carbonyl (C=O) groups excluding carboxylic acids is 1. The maximum absolute atomic E-state index is 12.6. The molecule has 1 aliphatic heterocycles. The van der Waals surface area contributed by atoms with Crippen LogP contribution < -0.4 is 0 Å². The van der Waals surface area contributed by atoms with E-state index in [-0.39, 0.29) is 23.2 Å². The number of aromatic nitrogens is 2. The van der Waals surface area contributed by atoms with Crippen LogP contribution in [0.25, 0.3) is 0 Å². The Hall–Kier alpha value is -1.36. The van der Waals surface area contributed by atoms with Gasteiger partial charge in [-0.15, -0.1) is 0 Å². The molecule has 1 fully saturated rings. The minimum absolute atomic E-state index is 0.0312. The molecule has 0 N–H and O–H groups in total. The van der Waals surface area contributed by atoms with E-state index in [1.165, 1.54) is 0 Å². The summed E-state index contributed by atoms with van der Waals surface area (Å²) >= 11 is 0. The zero-order valence-electron chi connectivity index (χ0n) is 13.3. The van der Waals surface area contributed by atoms with Gasteiger partial charge in [0.2, 0.25) is 0 Å². The Morgan fingerprint density at radius 2 is 2.10 bits per heavy atom. The van der Waals surface area contributed by atoms with Crippen molar-refractivity contribution in [1.29, 1.82) is 0 Å². The van der Waals surface area contributed by atoms with Crippen LogP contribution >= 0.6 is 0 Å². The van der Waals surface area contributed by atoms with Crippen molar-refractivity contribution < 1.29 is 9.53 Å². The van der Waals surface area contributed by atoms with Gasteiger partial charge in [0.05, 0.1) is 29.0 Å². The Balaban J connectivity index is 2.17. The third-order valence-electron chi connectivity index (χ3n) is 3.37. The van der Waals surface area contributed by atoms with Gasteiger partial charge in [-0.1, -0.05) is 0 Å². The second kappa shape index (κ2) is 4.88. The first-order chi connectivity index (χ1) is 9.08. The lowest BCUT2D eigenvalue weighted by Gasteiger charge is -2.41. The second-order valence-corrected chi connectivity index (χ2v) is 7.22. The van der Waals surface area contributed by atoms with E-state index in [9.17, 15) is 4.79 Å². The van der Waals surface area contributed by atoms with Crippen molar-refractivity contribution in [2.45, 2.75) is 58.8 Å². The first-order valence-corrected chi connectivity index (χ1v) is 7.11. The summed E-state index contributed by atoms with van der Waals surface area (Å²) in [6.07, 6.45) is 3.54. The normalized spacial score (nSPS) is 22.9. The Bertz CT molecular complexity index is 499. The molecular weight excluding hydrogens is 254 g/mol. The molecule has 1 amide bonds. The topological polar surface area (TPSA) is 47.4 Å². The quantitative estimate of drug-likeness (QED) is 0.792. The fourth-order valence-electron chi connectivity index (χ4n) is 2.59. The monoisotopic (exact) mass is 279 g/mol. The molecule has 5 heteroatoms. The number of nitrogens with zero attached hydrogens (tertiary/aromatic N) is 3. The summed E-state index contributed by atoms with van der Waals surface area (Å²) in [5.41, 5.74) is 0.230. The van der Waals surface area contributed by atoms with Crippen molar-refractivity contribution in [2.24, 2.45) is 0 Å². The van der Waals surface area contributed by atoms with Gasteiger partial charge in [0.15, 0.2) is 0 Å². The molecule has 2 heterocycles. The van der Waals surface area contributed by atoms with Gasteiger partial charge in [-0.05, 0) is 41.5 Å². The third kappa shape index (κ3) is 3.20. The molecule has 0 spiro atoms. The number of morpholine rings is 1. The van der Waals surface area contributed by atoms with Crippen molar-refractivity contribution in [3.63, 3.8) is 0 Å². The molecule has 1 aromatic rings. The van der Waals surface area contributed by atoms with Gasteiger partial charge in [0, 0.05) is 19.3 Å². The predicted octanol–water partition coefficient (Wildman–Crippen LogP) is 2.28. The molecule has 1 saturated heterocycles. The highest BCUT2D eigenvalue weighted by molar-refractivity contribution is 5.93. The second-order valence-electron chi connectivity index (χ2n) is 7.22. The molecule has 5 nitrogen and oxygen atoms in total. The van der Waals surface area contributed by atoms with E-state index in [1.54, 1.807) is 6.20 Å². The predicted molar refractivity (Wildman–Crippen MR) is 77.8 cm³/mol. The first kappa shape index (κ1) is 15.0. The van der Waals surface area contributed by atoms with Gasteiger partial charge in [0.1, 0.15) is 0 Å². The van der Waals surface area contributed by atoms with E-state index in [0.29, 0.717) is 18.7 Å². The molecule has 2 rings (SSSR count). The SMILES string of the molecule is C[C@@H]1CN(C(=O)c2cnn(C(C)(C)C)c2)CC(C)(C)O1. The van der Waals surface area contributed by atoms with Crippen molar-refractivity contribution in [3.8, 4) is 0 Å². The average Bonchev–Trinajstić information content (AvgIpc) is 2.73. The van der Waals surface area contributed by atoms with Crippen molar-refractivity contribution in [1.82, 2.24) is 14.7 Å². The number of carbonyl (C=O) groups is 1. The van der Waals surface area contributed by atoms with Crippen LogP contribution in [0, 0.1) is 0 Å². The van der Waals surface area contributed by atoms with Crippen LogP contribution in [0.15, 0.2) is 12.4 Å². The van der Waals surface area contributed by atoms with Gasteiger partial charge < -0.3 is 9.64 Å². The van der Waals surface area contributed by atoms with E-state index in [2.05, 4.69) is 25.9 Å². The third-order valence-corrected chi connectivity index (χ3v) is 3.37. The largest absolute Gasteiger partial charge is 0.369 e. The molecule has 20 heavy (non-hydrogen) atoms. The fourth-order valence-corrected chi connectivity index (χ4v) is 2.59. The fraction of sp³-hybridized carbons (Fsp3) is 0.733. The van der Waals surface area contributed by atoms with Crippen LogP contribution in [-0.2, 0) is 10.3 Å². The van der Waals surface area contributed by atoms with Crippen LogP contribution in [0.5, 0.6) is 0 Å². The number of amides is 1. The highest BCUT2D eigenvalue weighted by Crippen LogP contribution is 2.22. The summed E-state index contributed by atoms with van der Waals surface area (Å²) < 4.78 is 7.66. The molecule has 0 saturated carbocycles. The maximum Gasteiger partial charge on any atom is 0.257 e. The van der Waals surface area contributed by atoms with Crippen molar-refractivity contribution >= 4 is 5.91 Å². The molecule has 112 valence electrons. The minimum atomic E-state index is -0.298. The van der Waals surface area contributed by atoms with Crippen molar-refractivity contribution in [3.05, 3.63) is 18.0 Å². The van der Waals surface area contributed by atoms with Crippen LogP contribution in [0.4, 0.5) is 0 Å². The minimum Gasteiger partial charge on any atom is -0.369 e. The summed E-state index contributed by atoms with van der Waals surface area (Å²) in [4.78, 5) is 14.4. The van der Waals surface area contributed by atoms with Crippen LogP contribution in [0.1, 0.15) is 51.9 Å². The molecule has 0 unspecified atom stereocenters. The Kier molecular flexibility index (Phi) is 3.67. The van der Waals surface area contributed by atoms with Gasteiger partial charge in [-0.2, -0.15) is 5.10 Å². The van der Waals surface area contributed by atoms with Crippen LogP contribution in [-0.4, -0.2) is 45.4 Å². The smallest absolute Gasteiger partial charge is 0.257 e. The van der Waals surface area contributed by atoms with Crippen molar-refractivity contribution in [2.75, 3.05) is 13.1 Å². The number of hydrogen-bond donors (Lipinski definition) is 0. The van der Waals surface area contributed by atoms with Crippen LogP contribution in [0.2, 0.25) is 0 Å². The van der Waals surface area contributed by atoms with E-state index in [4.69, 9.17) is 4.74 Å². The van der Waals surface area contributed by atoms with E-state index < -0.39 is 0 Å². The summed E-state index contributed by atoms with van der Waals surface area (Å²) in [6, 6.07) is 0. The van der Waals surface area contributed by atoms with E-state index in [0.717, 1.165) is 0 Å². The zero-order chi connectivity index (χ0) is 15.1. The number of ether oxygens (including phenoxy) is 1. The van der Waals surface area contributed by atoms with E-state index in [1.807, 2.05) is 36.5 Å². The van der Waals surface area contributed by atoms with Gasteiger partial charge >= 0.3 is 0 Å². The number of hydrogen-bond acceptors (Lipinski definition) is 3. The lowest BCUT2D eigenvalue weighted by molar-refractivity contribution is -0.118. The first-order valence-electron chi connectivity index (χ1n) is 7.11. The standard InChI is InChI=1S/C15H25N3O2/c1-11-8-17(10-15(5,6)20-11)13(19)12-7-16-18(9-12)14(2,3)4/h7,9,11H,8,10H2,1-6H3/t11-/m1/s1. The zero-order valence-corrected chi connectivity index (χ0v) is 13.3. The Morgan fingerprint density at radius 1 is 1.45 bits per heavy atom. The highest BCUT2D eigenvalue weighted by Gasteiger charge is 2.34. The summed E-state index contributed by atoms with van der Waals surface area (Å²) in [5.74, 6) is 0.0312. The highest BCUT2D eigenvalue weighted by atomic mass is 16.5. The molecule has 0 radical (unpaired) electrons. The number of rotatable bonds is 1. The molecule has 0 aliphatic carbocycles. The van der Waals surface area contributed by atoms with Crippen LogP contribution in [0.3, 0.4) is 0 Å². The van der Waals surface area contributed by atoms with Gasteiger partial charge in [-0.25, -0.2) is 0 Å². The molecule has 1 atom stereocenters. The lowest BCUT2D eigenvalue weighted by atomic mass is 10.0. The molecule has 0 bridgehead atoms. The lowest BCUT2D eigenvalue weighted by Crippen LogP contribution is -2.53. The van der Waals surface area contributed by atoms with Gasteiger partial charge in [-0.3, -0.25) is 9.48 Å². The van der Waals surface area contributed by atoms with Gasteiger partial charge in [0.25, 0.3) is 5.91 Å². The Labute approximate surface area is 120 Å².